The van der Waals surface area contributed by atoms with Crippen LogP contribution in [0.5, 0.6) is 5.88 Å². The van der Waals surface area contributed by atoms with Crippen LogP contribution in [0.3, 0.4) is 0 Å². The van der Waals surface area contributed by atoms with E-state index < -0.39 is 12.0 Å². The van der Waals surface area contributed by atoms with Gasteiger partial charge in [0.25, 0.3) is 6.43 Å². The second-order valence-corrected chi connectivity index (χ2v) is 14.5. The second-order valence-electron chi connectivity index (χ2n) is 14.5. The maximum absolute atomic E-state index is 14.2. The molecule has 2 atom stereocenters. The summed E-state index contributed by atoms with van der Waals surface area (Å²) in [5.41, 5.74) is 0.321. The number of amides is 1. The van der Waals surface area contributed by atoms with Gasteiger partial charge in [0, 0.05) is 30.7 Å². The Morgan fingerprint density at radius 3 is 2.51 bits per heavy atom. The highest BCUT2D eigenvalue weighted by atomic mass is 19.3. The first-order valence-corrected chi connectivity index (χ1v) is 17.1. The Morgan fingerprint density at radius 1 is 1.04 bits per heavy atom. The molecule has 3 N–H and O–H groups in total. The standard InChI is InChI=1S/C34H43F2N7O4/c35-30(36)31-39-25-3-1-2-4-26(25)43(31)27-14-29(41-32(40-27)42-9-11-46-12-10-42)47-24-7-5-23(6-8-24)38-28(44)19-37-33-15-21-13-22(16-33)18-34(45,17-21)20-33/h1-4,14,21-24,30,37,45H,5-13,15-20H2,(H,38,44). The first-order chi connectivity index (χ1) is 22.7. The van der Waals surface area contributed by atoms with Crippen LogP contribution in [0, 0.1) is 11.8 Å². The molecule has 2 aromatic heterocycles. The van der Waals surface area contributed by atoms with Crippen LogP contribution in [-0.4, -0.2) is 86.7 Å². The predicted octanol–water partition coefficient (Wildman–Crippen LogP) is 4.07. The van der Waals surface area contributed by atoms with Crippen molar-refractivity contribution in [3.8, 4) is 11.7 Å². The monoisotopic (exact) mass is 651 g/mol. The van der Waals surface area contributed by atoms with Crippen LogP contribution < -0.4 is 20.3 Å². The summed E-state index contributed by atoms with van der Waals surface area (Å²) in [5.74, 6) is 1.74. The fourth-order valence-electron chi connectivity index (χ4n) is 9.38. The van der Waals surface area contributed by atoms with E-state index in [1.807, 2.05) is 4.90 Å². The van der Waals surface area contributed by atoms with Crippen LogP contribution in [0.25, 0.3) is 16.9 Å². The molecule has 47 heavy (non-hydrogen) atoms. The topological polar surface area (TPSA) is 127 Å². The van der Waals surface area contributed by atoms with Gasteiger partial charge in [-0.05, 0) is 88.2 Å². The number of nitrogens with zero attached hydrogens (tertiary/aromatic N) is 5. The largest absolute Gasteiger partial charge is 0.474 e. The molecule has 0 spiro atoms. The molecular formula is C34H43F2N7O4. The molecule has 1 aromatic carbocycles. The number of hydrogen-bond acceptors (Lipinski definition) is 9. The molecule has 2 unspecified atom stereocenters. The first kappa shape index (κ1) is 30.9. The molecule has 0 radical (unpaired) electrons. The number of halogens is 2. The number of aromatic nitrogens is 4. The second kappa shape index (κ2) is 12.2. The normalized spacial score (nSPS) is 31.9. The number of anilines is 1. The van der Waals surface area contributed by atoms with Crippen molar-refractivity contribution in [1.29, 1.82) is 0 Å². The number of carbonyl (C=O) groups excluding carboxylic acids is 1. The smallest absolute Gasteiger partial charge is 0.296 e. The molecular weight excluding hydrogens is 608 g/mol. The molecule has 11 nitrogen and oxygen atoms in total. The van der Waals surface area contributed by atoms with Crippen LogP contribution in [0.2, 0.25) is 0 Å². The zero-order valence-electron chi connectivity index (χ0n) is 26.5. The van der Waals surface area contributed by atoms with Crippen LogP contribution in [0.15, 0.2) is 30.3 Å². The van der Waals surface area contributed by atoms with Gasteiger partial charge in [-0.15, -0.1) is 0 Å². The molecule has 13 heteroatoms. The maximum atomic E-state index is 14.2. The lowest BCUT2D eigenvalue weighted by Gasteiger charge is -2.60. The van der Waals surface area contributed by atoms with Crippen molar-refractivity contribution in [2.45, 2.75) is 93.9 Å². The summed E-state index contributed by atoms with van der Waals surface area (Å²) in [6.45, 7) is 2.48. The third kappa shape index (κ3) is 6.29. The van der Waals surface area contributed by atoms with Gasteiger partial charge in [0.15, 0.2) is 5.82 Å². The van der Waals surface area contributed by atoms with E-state index in [1.54, 1.807) is 30.3 Å². The number of hydrogen-bond donors (Lipinski definition) is 3. The van der Waals surface area contributed by atoms with E-state index in [2.05, 4.69) is 15.6 Å². The van der Waals surface area contributed by atoms with Crippen molar-refractivity contribution in [3.05, 3.63) is 36.2 Å². The third-order valence-electron chi connectivity index (χ3n) is 11.0. The SMILES string of the molecule is O=C(CNC12CC3CC(CC(O)(C3)C1)C2)NC1CCC(Oc2cc(-n3c(C(F)F)nc4ccccc43)nc(N3CCOCC3)n2)CC1. The Bertz CT molecular complexity index is 1610. The zero-order valence-corrected chi connectivity index (χ0v) is 26.5. The number of morpholine rings is 1. The number of imidazole rings is 1. The maximum Gasteiger partial charge on any atom is 0.296 e. The Balaban J connectivity index is 0.927. The van der Waals surface area contributed by atoms with Crippen LogP contribution in [0.4, 0.5) is 14.7 Å². The van der Waals surface area contributed by atoms with Crippen molar-refractivity contribution in [1.82, 2.24) is 30.2 Å². The van der Waals surface area contributed by atoms with Crippen LogP contribution >= 0.6 is 0 Å². The van der Waals surface area contributed by atoms with E-state index in [0.29, 0.717) is 61.0 Å². The fraction of sp³-hybridized carbons (Fsp3) is 0.647. The number of benzene rings is 1. The summed E-state index contributed by atoms with van der Waals surface area (Å²) in [4.78, 5) is 28.6. The van der Waals surface area contributed by atoms with E-state index in [1.165, 1.54) is 11.0 Å². The summed E-state index contributed by atoms with van der Waals surface area (Å²) in [6, 6.07) is 8.69. The Hall–Kier alpha value is -3.42. The minimum absolute atomic E-state index is 0.00454. The molecule has 6 fully saturated rings. The van der Waals surface area contributed by atoms with E-state index in [-0.39, 0.29) is 41.8 Å². The van der Waals surface area contributed by atoms with E-state index in [9.17, 15) is 18.7 Å². The third-order valence-corrected chi connectivity index (χ3v) is 11.0. The fourth-order valence-corrected chi connectivity index (χ4v) is 9.38. The number of nitrogens with one attached hydrogen (secondary N) is 2. The zero-order chi connectivity index (χ0) is 32.2. The van der Waals surface area contributed by atoms with Crippen molar-refractivity contribution in [2.75, 3.05) is 37.7 Å². The van der Waals surface area contributed by atoms with Crippen molar-refractivity contribution >= 4 is 22.9 Å². The van der Waals surface area contributed by atoms with Gasteiger partial charge >= 0.3 is 0 Å². The molecule has 3 heterocycles. The number of ether oxygens (including phenoxy) is 2. The average molecular weight is 652 g/mol. The number of aliphatic hydroxyl groups is 1. The molecule has 5 saturated carbocycles. The average Bonchev–Trinajstić information content (AvgIpc) is 3.44. The summed E-state index contributed by atoms with van der Waals surface area (Å²) < 4.78 is 41.7. The van der Waals surface area contributed by atoms with Gasteiger partial charge in [-0.25, -0.2) is 13.8 Å². The molecule has 5 aliphatic carbocycles. The molecule has 1 aliphatic heterocycles. The number of carbonyl (C=O) groups is 1. The quantitative estimate of drug-likeness (QED) is 0.314. The van der Waals surface area contributed by atoms with Gasteiger partial charge in [-0.3, -0.25) is 9.36 Å². The lowest BCUT2D eigenvalue weighted by Crippen LogP contribution is -2.65. The van der Waals surface area contributed by atoms with Gasteiger partial charge < -0.3 is 30.1 Å². The molecule has 1 amide bonds. The van der Waals surface area contributed by atoms with Crippen molar-refractivity contribution < 1.29 is 28.2 Å². The molecule has 9 rings (SSSR count). The molecule has 4 bridgehead atoms. The van der Waals surface area contributed by atoms with Gasteiger partial charge in [0.1, 0.15) is 11.9 Å². The Labute approximate surface area is 272 Å². The van der Waals surface area contributed by atoms with E-state index >= 15 is 0 Å². The van der Waals surface area contributed by atoms with Gasteiger partial charge in [-0.1, -0.05) is 12.1 Å². The Kier molecular flexibility index (Phi) is 8.04. The minimum Gasteiger partial charge on any atom is -0.474 e. The summed E-state index contributed by atoms with van der Waals surface area (Å²) in [5, 5.41) is 17.8. The highest BCUT2D eigenvalue weighted by Crippen LogP contribution is 2.57. The number of para-hydroxylation sites is 2. The highest BCUT2D eigenvalue weighted by Gasteiger charge is 2.57. The Morgan fingerprint density at radius 2 is 1.79 bits per heavy atom. The minimum atomic E-state index is -2.80. The molecule has 1 saturated heterocycles. The lowest BCUT2D eigenvalue weighted by atomic mass is 9.51. The van der Waals surface area contributed by atoms with Crippen molar-refractivity contribution in [3.63, 3.8) is 0 Å². The summed E-state index contributed by atoms with van der Waals surface area (Å²) in [7, 11) is 0. The van der Waals surface area contributed by atoms with Crippen LogP contribution in [0.1, 0.15) is 76.5 Å². The number of rotatable bonds is 9. The number of alkyl halides is 2. The molecule has 252 valence electrons. The van der Waals surface area contributed by atoms with Crippen LogP contribution in [-0.2, 0) is 9.53 Å². The molecule has 3 aromatic rings. The summed E-state index contributed by atoms with van der Waals surface area (Å²) in [6.07, 6.45) is 5.94. The summed E-state index contributed by atoms with van der Waals surface area (Å²) >= 11 is 0. The lowest BCUT2D eigenvalue weighted by molar-refractivity contribution is -0.145. The predicted molar refractivity (Wildman–Crippen MR) is 170 cm³/mol. The van der Waals surface area contributed by atoms with Crippen molar-refractivity contribution in [2.24, 2.45) is 11.8 Å². The van der Waals surface area contributed by atoms with E-state index in [4.69, 9.17) is 19.4 Å². The van der Waals surface area contributed by atoms with Gasteiger partial charge in [0.2, 0.25) is 17.7 Å². The van der Waals surface area contributed by atoms with E-state index in [0.717, 1.165) is 57.8 Å². The highest BCUT2D eigenvalue weighted by molar-refractivity contribution is 5.79. The molecule has 6 aliphatic rings. The van der Waals surface area contributed by atoms with Gasteiger partial charge in [-0.2, -0.15) is 9.97 Å². The van der Waals surface area contributed by atoms with Gasteiger partial charge in [0.05, 0.1) is 36.4 Å². The number of fused-ring (bicyclic) bond motifs is 1. The first-order valence-electron chi connectivity index (χ1n) is 17.1.